The summed E-state index contributed by atoms with van der Waals surface area (Å²) in [7, 11) is 0. The van der Waals surface area contributed by atoms with Crippen molar-refractivity contribution in [2.24, 2.45) is 0 Å². The van der Waals surface area contributed by atoms with E-state index < -0.39 is 0 Å². The second kappa shape index (κ2) is 5.13. The predicted octanol–water partition coefficient (Wildman–Crippen LogP) is 2.51. The molecule has 0 heterocycles. The van der Waals surface area contributed by atoms with Gasteiger partial charge in [-0.05, 0) is 43.0 Å². The molecule has 1 N–H and O–H groups in total. The van der Waals surface area contributed by atoms with Crippen molar-refractivity contribution in [2.45, 2.75) is 26.2 Å². The van der Waals surface area contributed by atoms with Crippen molar-refractivity contribution in [1.82, 2.24) is 5.32 Å². The number of nitrogens with one attached hydrogen (secondary N) is 1. The number of benzene rings is 1. The van der Waals surface area contributed by atoms with Crippen molar-refractivity contribution in [2.75, 3.05) is 6.54 Å². The maximum absolute atomic E-state index is 12.9. The van der Waals surface area contributed by atoms with Crippen molar-refractivity contribution in [1.29, 1.82) is 0 Å². The van der Waals surface area contributed by atoms with E-state index in [0.717, 1.165) is 36.2 Å². The summed E-state index contributed by atoms with van der Waals surface area (Å²) in [6.07, 6.45) is 3.97. The van der Waals surface area contributed by atoms with Crippen molar-refractivity contribution in [3.05, 3.63) is 46.9 Å². The van der Waals surface area contributed by atoms with E-state index in [4.69, 9.17) is 0 Å². The quantitative estimate of drug-likeness (QED) is 0.865. The number of ketones is 1. The van der Waals surface area contributed by atoms with Crippen LogP contribution >= 0.6 is 0 Å². The van der Waals surface area contributed by atoms with Gasteiger partial charge in [0.1, 0.15) is 5.82 Å². The maximum atomic E-state index is 12.9. The van der Waals surface area contributed by atoms with E-state index in [-0.39, 0.29) is 11.6 Å². The molecule has 1 aliphatic carbocycles. The number of aryl methyl sites for hydroxylation is 1. The highest BCUT2D eigenvalue weighted by Gasteiger charge is 2.10. The van der Waals surface area contributed by atoms with Crippen molar-refractivity contribution >= 4 is 5.78 Å². The number of hydrogen-bond donors (Lipinski definition) is 1. The van der Waals surface area contributed by atoms with Gasteiger partial charge < -0.3 is 5.32 Å². The minimum absolute atomic E-state index is 0.191. The molecule has 3 heteroatoms. The molecule has 0 aromatic heterocycles. The lowest BCUT2D eigenvalue weighted by Crippen LogP contribution is -2.15. The normalized spacial score (nSPS) is 14.9. The molecule has 0 saturated heterocycles. The third kappa shape index (κ3) is 3.16. The second-order valence-electron chi connectivity index (χ2n) is 4.38. The number of carbonyl (C=O) groups excluding carboxylic acids is 1. The van der Waals surface area contributed by atoms with Crippen LogP contribution in [0.4, 0.5) is 4.39 Å². The van der Waals surface area contributed by atoms with E-state index in [1.807, 2.05) is 13.0 Å². The fraction of sp³-hybridized carbons (Fsp3) is 0.357. The second-order valence-corrected chi connectivity index (χ2v) is 4.38. The van der Waals surface area contributed by atoms with Gasteiger partial charge in [0.25, 0.3) is 0 Å². The highest BCUT2D eigenvalue weighted by Crippen LogP contribution is 2.13. The molecule has 0 radical (unpaired) electrons. The lowest BCUT2D eigenvalue weighted by atomic mass is 10.1. The Morgan fingerprint density at radius 1 is 1.35 bits per heavy atom. The van der Waals surface area contributed by atoms with Crippen LogP contribution in [-0.2, 0) is 11.2 Å². The van der Waals surface area contributed by atoms with Gasteiger partial charge >= 0.3 is 0 Å². The number of carbonyl (C=O) groups is 1. The summed E-state index contributed by atoms with van der Waals surface area (Å²) in [4.78, 5) is 11.0. The van der Waals surface area contributed by atoms with E-state index in [1.54, 1.807) is 12.1 Å². The Labute approximate surface area is 101 Å². The summed E-state index contributed by atoms with van der Waals surface area (Å²) in [6.45, 7) is 2.70. The predicted molar refractivity (Wildman–Crippen MR) is 65.2 cm³/mol. The van der Waals surface area contributed by atoms with Crippen LogP contribution in [0.25, 0.3) is 0 Å². The molecule has 0 spiro atoms. The summed E-state index contributed by atoms with van der Waals surface area (Å²) in [5.74, 6) is 0.00812. The van der Waals surface area contributed by atoms with Crippen LogP contribution in [-0.4, -0.2) is 12.3 Å². The zero-order valence-electron chi connectivity index (χ0n) is 9.92. The van der Waals surface area contributed by atoms with Gasteiger partial charge in [-0.1, -0.05) is 6.07 Å². The molecule has 0 amide bonds. The highest BCUT2D eigenvalue weighted by atomic mass is 19.1. The highest BCUT2D eigenvalue weighted by molar-refractivity contribution is 5.92. The molecule has 1 aromatic carbocycles. The zero-order valence-corrected chi connectivity index (χ0v) is 9.92. The Morgan fingerprint density at radius 3 is 2.82 bits per heavy atom. The molecule has 1 aromatic rings. The van der Waals surface area contributed by atoms with Crippen LogP contribution in [0, 0.1) is 12.7 Å². The van der Waals surface area contributed by atoms with Crippen LogP contribution in [0.15, 0.2) is 30.0 Å². The van der Waals surface area contributed by atoms with Crippen molar-refractivity contribution in [3.8, 4) is 0 Å². The third-order valence-electron chi connectivity index (χ3n) is 3.03. The van der Waals surface area contributed by atoms with Gasteiger partial charge in [0, 0.05) is 24.7 Å². The molecular weight excluding hydrogens is 217 g/mol. The SMILES string of the molecule is Cc1cc(F)ccc1CCNC1=CC(=O)CC1. The molecule has 2 rings (SSSR count). The largest absolute Gasteiger partial charge is 0.388 e. The molecule has 0 aliphatic heterocycles. The van der Waals surface area contributed by atoms with Gasteiger partial charge in [0.05, 0.1) is 0 Å². The Balaban J connectivity index is 1.86. The maximum Gasteiger partial charge on any atom is 0.157 e. The molecule has 1 aliphatic rings. The van der Waals surface area contributed by atoms with E-state index in [9.17, 15) is 9.18 Å². The summed E-state index contributed by atoms with van der Waals surface area (Å²) < 4.78 is 12.9. The molecule has 0 bridgehead atoms. The topological polar surface area (TPSA) is 29.1 Å². The lowest BCUT2D eigenvalue weighted by Gasteiger charge is -2.08. The van der Waals surface area contributed by atoms with E-state index in [0.29, 0.717) is 6.42 Å². The minimum Gasteiger partial charge on any atom is -0.388 e. The molecule has 2 nitrogen and oxygen atoms in total. The average Bonchev–Trinajstić information content (AvgIpc) is 2.68. The molecule has 0 saturated carbocycles. The van der Waals surface area contributed by atoms with Crippen LogP contribution in [0.3, 0.4) is 0 Å². The van der Waals surface area contributed by atoms with E-state index in [2.05, 4.69) is 5.32 Å². The fourth-order valence-electron chi connectivity index (χ4n) is 2.03. The van der Waals surface area contributed by atoms with Crippen LogP contribution in [0.5, 0.6) is 0 Å². The van der Waals surface area contributed by atoms with Gasteiger partial charge in [-0.25, -0.2) is 4.39 Å². The fourth-order valence-corrected chi connectivity index (χ4v) is 2.03. The first-order valence-corrected chi connectivity index (χ1v) is 5.87. The third-order valence-corrected chi connectivity index (χ3v) is 3.03. The number of allylic oxidation sites excluding steroid dienone is 2. The molecule has 90 valence electrons. The summed E-state index contributed by atoms with van der Waals surface area (Å²) in [5, 5.41) is 3.25. The van der Waals surface area contributed by atoms with Gasteiger partial charge in [-0.3, -0.25) is 4.79 Å². The molecule has 0 unspecified atom stereocenters. The number of rotatable bonds is 4. The van der Waals surface area contributed by atoms with Crippen molar-refractivity contribution in [3.63, 3.8) is 0 Å². The van der Waals surface area contributed by atoms with Crippen LogP contribution in [0.2, 0.25) is 0 Å². The average molecular weight is 233 g/mol. The van der Waals surface area contributed by atoms with Gasteiger partial charge in [-0.15, -0.1) is 0 Å². The van der Waals surface area contributed by atoms with Crippen molar-refractivity contribution < 1.29 is 9.18 Å². The summed E-state index contributed by atoms with van der Waals surface area (Å²) >= 11 is 0. The lowest BCUT2D eigenvalue weighted by molar-refractivity contribution is -0.114. The Morgan fingerprint density at radius 2 is 2.18 bits per heavy atom. The molecule has 0 atom stereocenters. The van der Waals surface area contributed by atoms with Crippen LogP contribution in [0.1, 0.15) is 24.0 Å². The van der Waals surface area contributed by atoms with E-state index in [1.165, 1.54) is 6.07 Å². The zero-order chi connectivity index (χ0) is 12.3. The standard InChI is InChI=1S/C14H16FNO/c1-10-8-12(15)3-2-11(10)6-7-16-13-4-5-14(17)9-13/h2-3,8-9,16H,4-7H2,1H3. The first-order valence-electron chi connectivity index (χ1n) is 5.87. The van der Waals surface area contributed by atoms with Gasteiger partial charge in [-0.2, -0.15) is 0 Å². The van der Waals surface area contributed by atoms with Gasteiger partial charge in [0.2, 0.25) is 0 Å². The smallest absolute Gasteiger partial charge is 0.157 e. The Kier molecular flexibility index (Phi) is 3.57. The van der Waals surface area contributed by atoms with E-state index >= 15 is 0 Å². The van der Waals surface area contributed by atoms with Gasteiger partial charge in [0.15, 0.2) is 5.78 Å². The number of halogens is 1. The Hall–Kier alpha value is -1.64. The first kappa shape index (κ1) is 11.8. The minimum atomic E-state index is -0.191. The number of hydrogen-bond acceptors (Lipinski definition) is 2. The molecule has 17 heavy (non-hydrogen) atoms. The van der Waals surface area contributed by atoms with Crippen LogP contribution < -0.4 is 5.32 Å². The summed E-state index contributed by atoms with van der Waals surface area (Å²) in [5.41, 5.74) is 3.14. The molecule has 0 fully saturated rings. The summed E-state index contributed by atoms with van der Waals surface area (Å²) in [6, 6.07) is 4.86. The first-order chi connectivity index (χ1) is 8.15. The molecular formula is C14H16FNO. The Bertz CT molecular complexity index is 465. The monoisotopic (exact) mass is 233 g/mol.